The summed E-state index contributed by atoms with van der Waals surface area (Å²) in [4.78, 5) is 46.5. The molecule has 0 bridgehead atoms. The molecule has 1 fully saturated rings. The van der Waals surface area contributed by atoms with E-state index in [0.717, 1.165) is 19.3 Å². The number of benzene rings is 2. The molecule has 0 unspecified atom stereocenters. The molecule has 1 N–H and O–H groups in total. The fourth-order valence-electron chi connectivity index (χ4n) is 4.40. The zero-order valence-corrected chi connectivity index (χ0v) is 19.6. The second-order valence-electron chi connectivity index (χ2n) is 8.76. The average molecular weight is 464 g/mol. The largest absolute Gasteiger partial charge is 0.484 e. The van der Waals surface area contributed by atoms with Gasteiger partial charge in [-0.25, -0.2) is 9.78 Å². The Morgan fingerprint density at radius 3 is 2.47 bits per heavy atom. The van der Waals surface area contributed by atoms with Crippen molar-refractivity contribution in [3.8, 4) is 5.75 Å². The van der Waals surface area contributed by atoms with Crippen LogP contribution < -0.4 is 10.3 Å². The van der Waals surface area contributed by atoms with Crippen molar-refractivity contribution in [3.05, 3.63) is 70.3 Å². The molecule has 178 valence electrons. The van der Waals surface area contributed by atoms with Crippen LogP contribution in [0.3, 0.4) is 0 Å². The maximum Gasteiger partial charge on any atom is 0.338 e. The fraction of sp³-hybridized carbons (Fsp3) is 0.385. The third-order valence-electron chi connectivity index (χ3n) is 6.23. The summed E-state index contributed by atoms with van der Waals surface area (Å²) >= 11 is 0. The first-order valence-corrected chi connectivity index (χ1v) is 11.6. The van der Waals surface area contributed by atoms with Gasteiger partial charge in [-0.2, -0.15) is 0 Å². The summed E-state index contributed by atoms with van der Waals surface area (Å²) in [6, 6.07) is 13.8. The molecule has 8 heteroatoms. The lowest BCUT2D eigenvalue weighted by atomic mass is 9.97. The number of esters is 1. The molecule has 0 spiro atoms. The smallest absolute Gasteiger partial charge is 0.338 e. The lowest BCUT2D eigenvalue weighted by Crippen LogP contribution is -2.49. The van der Waals surface area contributed by atoms with Gasteiger partial charge >= 0.3 is 5.97 Å². The van der Waals surface area contributed by atoms with E-state index in [1.165, 1.54) is 0 Å². The Labute approximate surface area is 197 Å². The molecule has 3 atom stereocenters. The number of para-hydroxylation sites is 1. The van der Waals surface area contributed by atoms with E-state index in [0.29, 0.717) is 22.2 Å². The number of carbonyl (C=O) groups excluding carboxylic acids is 2. The fourth-order valence-corrected chi connectivity index (χ4v) is 4.40. The van der Waals surface area contributed by atoms with E-state index in [2.05, 4.69) is 23.8 Å². The van der Waals surface area contributed by atoms with Crippen LogP contribution in [0.15, 0.2) is 53.3 Å². The van der Waals surface area contributed by atoms with Crippen molar-refractivity contribution in [1.29, 1.82) is 0 Å². The predicted molar refractivity (Wildman–Crippen MR) is 128 cm³/mol. The molecule has 2 aromatic carbocycles. The summed E-state index contributed by atoms with van der Waals surface area (Å²) in [5.74, 6) is 0.184. The Morgan fingerprint density at radius 1 is 1.09 bits per heavy atom. The molecule has 1 aromatic heterocycles. The first-order valence-electron chi connectivity index (χ1n) is 11.6. The number of piperidine rings is 1. The minimum atomic E-state index is -0.744. The van der Waals surface area contributed by atoms with E-state index >= 15 is 0 Å². The first-order chi connectivity index (χ1) is 16.3. The van der Waals surface area contributed by atoms with Gasteiger partial charge in [0.2, 0.25) is 0 Å². The number of carbonyl (C=O) groups is 2. The van der Waals surface area contributed by atoms with Crippen molar-refractivity contribution in [2.24, 2.45) is 0 Å². The first kappa shape index (κ1) is 23.5. The van der Waals surface area contributed by atoms with Gasteiger partial charge in [0, 0.05) is 12.1 Å². The Balaban J connectivity index is 1.36. The maximum absolute atomic E-state index is 12.6. The topological polar surface area (TPSA) is 102 Å². The highest BCUT2D eigenvalue weighted by Gasteiger charge is 2.29. The number of aromatic nitrogens is 2. The van der Waals surface area contributed by atoms with E-state index in [9.17, 15) is 14.4 Å². The number of rotatable bonds is 6. The lowest BCUT2D eigenvalue weighted by molar-refractivity contribution is -0.139. The Kier molecular flexibility index (Phi) is 6.95. The number of nitrogens with one attached hydrogen (secondary N) is 1. The highest BCUT2D eigenvalue weighted by Crippen LogP contribution is 2.23. The molecule has 1 amide bonds. The van der Waals surface area contributed by atoms with E-state index < -0.39 is 12.1 Å². The van der Waals surface area contributed by atoms with Crippen molar-refractivity contribution >= 4 is 22.8 Å². The lowest BCUT2D eigenvalue weighted by Gasteiger charge is -2.38. The van der Waals surface area contributed by atoms with Gasteiger partial charge in [-0.05, 0) is 76.4 Å². The van der Waals surface area contributed by atoms with Crippen LogP contribution >= 0.6 is 0 Å². The van der Waals surface area contributed by atoms with Crippen LogP contribution in [0, 0.1) is 0 Å². The molecule has 1 aliphatic heterocycles. The SMILES string of the molecule is C[C@H](OC(=O)c1ccc(OCC(=O)N2[C@@H](C)CCC[C@@H]2C)cc1)c1nc2ccccc2c(=O)[nH]1. The van der Waals surface area contributed by atoms with Gasteiger partial charge in [0.05, 0.1) is 16.5 Å². The summed E-state index contributed by atoms with van der Waals surface area (Å²) in [7, 11) is 0. The molecule has 0 radical (unpaired) electrons. The van der Waals surface area contributed by atoms with Crippen LogP contribution in [0.5, 0.6) is 5.75 Å². The number of fused-ring (bicyclic) bond motifs is 1. The Hall–Kier alpha value is -3.68. The van der Waals surface area contributed by atoms with Crippen molar-refractivity contribution in [1.82, 2.24) is 14.9 Å². The summed E-state index contributed by atoms with van der Waals surface area (Å²) in [6.45, 7) is 5.74. The third-order valence-corrected chi connectivity index (χ3v) is 6.23. The van der Waals surface area contributed by atoms with Gasteiger partial charge in [0.25, 0.3) is 11.5 Å². The summed E-state index contributed by atoms with van der Waals surface area (Å²) in [5.41, 5.74) is 0.577. The third kappa shape index (κ3) is 5.11. The normalized spacial score (nSPS) is 19.0. The van der Waals surface area contributed by atoms with E-state index in [1.807, 2.05) is 4.90 Å². The average Bonchev–Trinajstić information content (AvgIpc) is 2.83. The van der Waals surface area contributed by atoms with Crippen LogP contribution in [0.25, 0.3) is 10.9 Å². The standard InChI is InChI=1S/C26H29N3O5/c1-16-7-6-8-17(2)29(16)23(30)15-33-20-13-11-19(12-14-20)26(32)34-18(3)24-27-22-10-5-4-9-21(22)25(31)28-24/h4-5,9-14,16-18H,6-8,15H2,1-3H3,(H,27,28,31)/t16-,17-,18-/m0/s1. The van der Waals surface area contributed by atoms with Crippen LogP contribution in [0.1, 0.15) is 62.3 Å². The van der Waals surface area contributed by atoms with Crippen molar-refractivity contribution in [2.45, 2.75) is 58.2 Å². The van der Waals surface area contributed by atoms with E-state index in [1.54, 1.807) is 55.5 Å². The van der Waals surface area contributed by atoms with Gasteiger partial charge in [0.15, 0.2) is 18.5 Å². The highest BCUT2D eigenvalue weighted by molar-refractivity contribution is 5.89. The molecular weight excluding hydrogens is 434 g/mol. The Morgan fingerprint density at radius 2 is 1.76 bits per heavy atom. The van der Waals surface area contributed by atoms with Gasteiger partial charge in [-0.3, -0.25) is 9.59 Å². The monoisotopic (exact) mass is 463 g/mol. The number of amides is 1. The molecule has 0 aliphatic carbocycles. The van der Waals surface area contributed by atoms with E-state index in [4.69, 9.17) is 9.47 Å². The molecule has 1 aliphatic rings. The van der Waals surface area contributed by atoms with Crippen LogP contribution in [0.2, 0.25) is 0 Å². The molecule has 0 saturated carbocycles. The summed E-state index contributed by atoms with van der Waals surface area (Å²) in [5, 5.41) is 0.475. The number of nitrogens with zero attached hydrogens (tertiary/aromatic N) is 2. The molecular formula is C26H29N3O5. The second kappa shape index (κ2) is 10.1. The number of H-pyrrole nitrogens is 1. The van der Waals surface area contributed by atoms with Crippen LogP contribution in [-0.4, -0.2) is 45.4 Å². The quantitative estimate of drug-likeness (QED) is 0.554. The summed E-state index contributed by atoms with van der Waals surface area (Å²) in [6.07, 6.45) is 2.41. The summed E-state index contributed by atoms with van der Waals surface area (Å²) < 4.78 is 11.2. The minimum Gasteiger partial charge on any atom is -0.484 e. The zero-order chi connectivity index (χ0) is 24.2. The highest BCUT2D eigenvalue weighted by atomic mass is 16.5. The van der Waals surface area contributed by atoms with Gasteiger partial charge in [-0.15, -0.1) is 0 Å². The van der Waals surface area contributed by atoms with Crippen molar-refractivity contribution in [2.75, 3.05) is 6.61 Å². The molecule has 4 rings (SSSR count). The minimum absolute atomic E-state index is 0.0334. The zero-order valence-electron chi connectivity index (χ0n) is 19.6. The van der Waals surface area contributed by atoms with Crippen molar-refractivity contribution in [3.63, 3.8) is 0 Å². The molecule has 1 saturated heterocycles. The molecule has 3 aromatic rings. The maximum atomic E-state index is 12.6. The number of aromatic amines is 1. The Bertz CT molecular complexity index is 1230. The number of hydrogen-bond donors (Lipinski definition) is 1. The second-order valence-corrected chi connectivity index (χ2v) is 8.76. The molecule has 8 nitrogen and oxygen atoms in total. The van der Waals surface area contributed by atoms with Crippen LogP contribution in [0.4, 0.5) is 0 Å². The van der Waals surface area contributed by atoms with E-state index in [-0.39, 0.29) is 36.0 Å². The van der Waals surface area contributed by atoms with Gasteiger partial charge in [0.1, 0.15) is 5.75 Å². The van der Waals surface area contributed by atoms with Gasteiger partial charge < -0.3 is 19.4 Å². The van der Waals surface area contributed by atoms with Crippen LogP contribution in [-0.2, 0) is 9.53 Å². The van der Waals surface area contributed by atoms with Gasteiger partial charge in [-0.1, -0.05) is 12.1 Å². The molecule has 2 heterocycles. The number of hydrogen-bond acceptors (Lipinski definition) is 6. The van der Waals surface area contributed by atoms with Crippen molar-refractivity contribution < 1.29 is 19.1 Å². The molecule has 34 heavy (non-hydrogen) atoms. The number of ether oxygens (including phenoxy) is 2. The number of likely N-dealkylation sites (tertiary alicyclic amines) is 1. The predicted octanol–water partition coefficient (Wildman–Crippen LogP) is 4.01.